The number of ether oxygens (including phenoxy) is 1. The number of sulfonamides is 1. The minimum atomic E-state index is -3.98. The smallest absolute Gasteiger partial charge is 0.261 e. The molecule has 0 aliphatic heterocycles. The number of carbonyl (C=O) groups is 1. The second-order valence-electron chi connectivity index (χ2n) is 8.68. The zero-order valence-electron chi connectivity index (χ0n) is 21.4. The molecule has 0 fully saturated rings. The average molecular weight is 614 g/mol. The molecule has 0 aliphatic carbocycles. The summed E-state index contributed by atoms with van der Waals surface area (Å²) in [7, 11) is 1.46. The Morgan fingerprint density at radius 2 is 1.82 bits per heavy atom. The molecule has 0 aliphatic rings. The first-order chi connectivity index (χ1) is 18.1. The first-order valence-corrected chi connectivity index (χ1v) is 14.2. The molecular weight excluding hydrogens is 586 g/mol. The van der Waals surface area contributed by atoms with Crippen LogP contribution in [0.3, 0.4) is 0 Å². The van der Waals surface area contributed by atoms with Crippen molar-refractivity contribution in [3.8, 4) is 5.75 Å². The maximum absolute atomic E-state index is 13.8. The molecule has 8 nitrogen and oxygen atoms in total. The number of thiazole rings is 1. The fourth-order valence-electron chi connectivity index (χ4n) is 3.75. The Morgan fingerprint density at radius 1 is 1.10 bits per heavy atom. The van der Waals surface area contributed by atoms with E-state index in [9.17, 15) is 17.6 Å². The fourth-order valence-corrected chi connectivity index (χ4v) is 6.08. The summed E-state index contributed by atoms with van der Waals surface area (Å²) in [6, 6.07) is 14.1. The number of nitrogens with one attached hydrogen (secondary N) is 1. The SMILES string of the molecule is COc1ccc(Cl)c2sc(N(CCCN(C)C)C(=O)c3cccc(NS(=O)(=O)c4ccc(F)cc4)c3)nc12.Cl. The number of aromatic nitrogens is 1. The molecule has 1 N–H and O–H groups in total. The molecule has 4 aromatic rings. The van der Waals surface area contributed by atoms with Crippen LogP contribution in [-0.4, -0.2) is 58.5 Å². The molecule has 4 rings (SSSR count). The van der Waals surface area contributed by atoms with Crippen LogP contribution >= 0.6 is 35.3 Å². The van der Waals surface area contributed by atoms with Gasteiger partial charge < -0.3 is 9.64 Å². The fraction of sp³-hybridized carbons (Fsp3) is 0.231. The number of halogens is 3. The van der Waals surface area contributed by atoms with Gasteiger partial charge in [-0.05, 0) is 81.7 Å². The predicted octanol–water partition coefficient (Wildman–Crippen LogP) is 5.92. The Hall–Kier alpha value is -2.96. The summed E-state index contributed by atoms with van der Waals surface area (Å²) in [4.78, 5) is 21.9. The van der Waals surface area contributed by atoms with E-state index in [0.717, 1.165) is 18.7 Å². The number of rotatable bonds is 10. The third-order valence-electron chi connectivity index (χ3n) is 5.62. The van der Waals surface area contributed by atoms with Gasteiger partial charge in [0.2, 0.25) is 0 Å². The van der Waals surface area contributed by atoms with Gasteiger partial charge in [0.15, 0.2) is 5.13 Å². The van der Waals surface area contributed by atoms with Crippen LogP contribution in [0.2, 0.25) is 5.02 Å². The topological polar surface area (TPSA) is 91.8 Å². The average Bonchev–Trinajstić information content (AvgIpc) is 3.33. The van der Waals surface area contributed by atoms with Crippen LogP contribution in [0.25, 0.3) is 10.2 Å². The third kappa shape index (κ3) is 7.17. The van der Waals surface area contributed by atoms with Crippen molar-refractivity contribution in [2.75, 3.05) is 43.9 Å². The highest BCUT2D eigenvalue weighted by molar-refractivity contribution is 7.92. The molecule has 0 saturated carbocycles. The van der Waals surface area contributed by atoms with E-state index in [0.29, 0.717) is 39.1 Å². The third-order valence-corrected chi connectivity index (χ3v) is 8.55. The first-order valence-electron chi connectivity index (χ1n) is 11.6. The molecule has 0 bridgehead atoms. The van der Waals surface area contributed by atoms with E-state index in [4.69, 9.17) is 16.3 Å². The Balaban J connectivity index is 0.00000420. The zero-order chi connectivity index (χ0) is 27.4. The number of carbonyl (C=O) groups excluding carboxylic acids is 1. The highest BCUT2D eigenvalue weighted by atomic mass is 35.5. The standard InChI is InChI=1S/C26H26ClFN4O4S2.ClH/c1-31(2)14-5-15-32(26-29-23-22(36-3)13-12-21(27)24(23)37-26)25(33)17-6-4-7-19(16-17)30-38(34,35)20-10-8-18(28)9-11-20;/h4,6-13,16,30H,5,14-15H2,1-3H3;1H. The predicted molar refractivity (Wildman–Crippen MR) is 157 cm³/mol. The molecule has 1 aromatic heterocycles. The zero-order valence-corrected chi connectivity index (χ0v) is 24.6. The summed E-state index contributed by atoms with van der Waals surface area (Å²) < 4.78 is 47.4. The molecule has 0 unspecified atom stereocenters. The Morgan fingerprint density at radius 3 is 2.49 bits per heavy atom. The van der Waals surface area contributed by atoms with E-state index in [1.165, 1.54) is 35.6 Å². The van der Waals surface area contributed by atoms with Crippen molar-refractivity contribution >= 4 is 72.3 Å². The van der Waals surface area contributed by atoms with Crippen molar-refractivity contribution in [3.63, 3.8) is 0 Å². The lowest BCUT2D eigenvalue weighted by molar-refractivity contribution is 0.0986. The molecular formula is C26H27Cl2FN4O4S2. The van der Waals surface area contributed by atoms with Gasteiger partial charge in [0.1, 0.15) is 17.1 Å². The molecule has 0 atom stereocenters. The van der Waals surface area contributed by atoms with Crippen LogP contribution in [0.4, 0.5) is 15.2 Å². The summed E-state index contributed by atoms with van der Waals surface area (Å²) in [6.07, 6.45) is 0.677. The number of anilines is 2. The summed E-state index contributed by atoms with van der Waals surface area (Å²) in [5.41, 5.74) is 1.03. The van der Waals surface area contributed by atoms with Crippen molar-refractivity contribution in [2.24, 2.45) is 0 Å². The summed E-state index contributed by atoms with van der Waals surface area (Å²) in [5, 5.41) is 0.954. The van der Waals surface area contributed by atoms with E-state index in [-0.39, 0.29) is 34.5 Å². The van der Waals surface area contributed by atoms with Gasteiger partial charge in [-0.1, -0.05) is 29.0 Å². The Bertz CT molecular complexity index is 1560. The van der Waals surface area contributed by atoms with Gasteiger partial charge in [0.05, 0.1) is 21.7 Å². The van der Waals surface area contributed by atoms with Crippen molar-refractivity contribution < 1.29 is 22.3 Å². The van der Waals surface area contributed by atoms with E-state index in [2.05, 4.69) is 9.71 Å². The van der Waals surface area contributed by atoms with Crippen LogP contribution in [-0.2, 0) is 10.0 Å². The van der Waals surface area contributed by atoms with Crippen LogP contribution in [0.5, 0.6) is 5.75 Å². The molecule has 1 amide bonds. The summed E-state index contributed by atoms with van der Waals surface area (Å²) in [6.45, 7) is 1.12. The van der Waals surface area contributed by atoms with Crippen LogP contribution in [0.1, 0.15) is 16.8 Å². The quantitative estimate of drug-likeness (QED) is 0.239. The lowest BCUT2D eigenvalue weighted by Crippen LogP contribution is -2.33. The van der Waals surface area contributed by atoms with E-state index >= 15 is 0 Å². The maximum Gasteiger partial charge on any atom is 0.261 e. The molecule has 0 spiro atoms. The number of nitrogens with zero attached hydrogens (tertiary/aromatic N) is 3. The van der Waals surface area contributed by atoms with E-state index in [1.807, 2.05) is 19.0 Å². The van der Waals surface area contributed by atoms with Gasteiger partial charge >= 0.3 is 0 Å². The molecule has 13 heteroatoms. The van der Waals surface area contributed by atoms with E-state index in [1.54, 1.807) is 36.3 Å². The minimum absolute atomic E-state index is 0. The normalized spacial score (nSPS) is 11.3. The number of benzene rings is 3. The number of hydrogen-bond donors (Lipinski definition) is 1. The molecule has 39 heavy (non-hydrogen) atoms. The summed E-state index contributed by atoms with van der Waals surface area (Å²) >= 11 is 7.69. The van der Waals surface area contributed by atoms with Crippen molar-refractivity contribution in [1.29, 1.82) is 0 Å². The lowest BCUT2D eigenvalue weighted by Gasteiger charge is -2.21. The number of amides is 1. The van der Waals surface area contributed by atoms with Gasteiger partial charge in [-0.15, -0.1) is 12.4 Å². The molecule has 1 heterocycles. The lowest BCUT2D eigenvalue weighted by atomic mass is 10.1. The van der Waals surface area contributed by atoms with Crippen LogP contribution in [0.15, 0.2) is 65.6 Å². The highest BCUT2D eigenvalue weighted by Crippen LogP contribution is 2.39. The molecule has 0 saturated heterocycles. The molecule has 0 radical (unpaired) electrons. The maximum atomic E-state index is 13.8. The number of hydrogen-bond acceptors (Lipinski definition) is 7. The molecule has 208 valence electrons. The Kier molecular flexibility index (Phi) is 10.1. The second kappa shape index (κ2) is 12.9. The Labute approximate surface area is 241 Å². The van der Waals surface area contributed by atoms with Crippen molar-refractivity contribution in [2.45, 2.75) is 11.3 Å². The van der Waals surface area contributed by atoms with Gasteiger partial charge in [-0.2, -0.15) is 0 Å². The van der Waals surface area contributed by atoms with Gasteiger partial charge in [0, 0.05) is 17.8 Å². The van der Waals surface area contributed by atoms with Crippen molar-refractivity contribution in [1.82, 2.24) is 9.88 Å². The van der Waals surface area contributed by atoms with Gasteiger partial charge in [-0.3, -0.25) is 14.4 Å². The van der Waals surface area contributed by atoms with Gasteiger partial charge in [0.25, 0.3) is 15.9 Å². The highest BCUT2D eigenvalue weighted by Gasteiger charge is 2.24. The van der Waals surface area contributed by atoms with E-state index < -0.39 is 15.8 Å². The number of fused-ring (bicyclic) bond motifs is 1. The van der Waals surface area contributed by atoms with Gasteiger partial charge in [-0.25, -0.2) is 17.8 Å². The van der Waals surface area contributed by atoms with Crippen molar-refractivity contribution in [3.05, 3.63) is 77.1 Å². The number of methoxy groups -OCH3 is 1. The minimum Gasteiger partial charge on any atom is -0.494 e. The summed E-state index contributed by atoms with van der Waals surface area (Å²) in [5.74, 6) is -0.342. The largest absolute Gasteiger partial charge is 0.494 e. The monoisotopic (exact) mass is 612 g/mol. The molecule has 3 aromatic carbocycles. The van der Waals surface area contributed by atoms with Crippen LogP contribution < -0.4 is 14.4 Å². The first kappa shape index (κ1) is 30.6. The second-order valence-corrected chi connectivity index (χ2v) is 11.7. The van der Waals surface area contributed by atoms with Crippen LogP contribution in [0, 0.1) is 5.82 Å².